The van der Waals surface area contributed by atoms with Crippen LogP contribution in [0.1, 0.15) is 0 Å². The molecule has 0 heterocycles. The SMILES string of the molecule is NC(CS)C(=O)C(F)(F)C(F)(F)C(F)(F)F. The van der Waals surface area contributed by atoms with E-state index in [1.165, 1.54) is 0 Å². The second-order valence-electron chi connectivity index (χ2n) is 2.80. The fraction of sp³-hybridized carbons (Fsp3) is 0.833. The molecule has 0 aliphatic carbocycles. The maximum atomic E-state index is 12.6. The first-order valence-corrected chi connectivity index (χ1v) is 4.26. The fourth-order valence-corrected chi connectivity index (χ4v) is 0.814. The van der Waals surface area contributed by atoms with Crippen molar-refractivity contribution < 1.29 is 35.5 Å². The fourth-order valence-electron chi connectivity index (χ4n) is 0.648. The summed E-state index contributed by atoms with van der Waals surface area (Å²) in [5.41, 5.74) is 4.64. The molecular formula is C6H6F7NOS. The number of thiol groups is 1. The first kappa shape index (κ1) is 15.5. The van der Waals surface area contributed by atoms with Gasteiger partial charge in [0.2, 0.25) is 5.78 Å². The van der Waals surface area contributed by atoms with Crippen molar-refractivity contribution in [1.29, 1.82) is 0 Å². The maximum Gasteiger partial charge on any atom is 0.460 e. The van der Waals surface area contributed by atoms with Gasteiger partial charge in [0.15, 0.2) is 0 Å². The minimum absolute atomic E-state index is 0.775. The van der Waals surface area contributed by atoms with Gasteiger partial charge in [0, 0.05) is 5.75 Å². The predicted octanol–water partition coefficient (Wildman–Crippen LogP) is 1.65. The van der Waals surface area contributed by atoms with E-state index in [9.17, 15) is 35.5 Å². The number of halogens is 7. The number of nitrogens with two attached hydrogens (primary N) is 1. The molecule has 0 radical (unpaired) electrons. The van der Waals surface area contributed by atoms with Gasteiger partial charge in [-0.1, -0.05) is 0 Å². The summed E-state index contributed by atoms with van der Waals surface area (Å²) in [6.45, 7) is 0. The van der Waals surface area contributed by atoms with Crippen LogP contribution >= 0.6 is 12.6 Å². The van der Waals surface area contributed by atoms with Crippen LogP contribution in [-0.2, 0) is 4.79 Å². The smallest absolute Gasteiger partial charge is 0.321 e. The van der Waals surface area contributed by atoms with E-state index < -0.39 is 35.6 Å². The number of alkyl halides is 7. The van der Waals surface area contributed by atoms with Gasteiger partial charge < -0.3 is 5.73 Å². The summed E-state index contributed by atoms with van der Waals surface area (Å²) in [5, 5.41) is 0. The van der Waals surface area contributed by atoms with Crippen LogP contribution in [0.25, 0.3) is 0 Å². The Balaban J connectivity index is 5.28. The lowest BCUT2D eigenvalue weighted by Gasteiger charge is -2.28. The third-order valence-electron chi connectivity index (χ3n) is 1.59. The molecule has 0 rings (SSSR count). The molecule has 1 atom stereocenters. The van der Waals surface area contributed by atoms with Crippen LogP contribution in [0.15, 0.2) is 0 Å². The Morgan fingerprint density at radius 2 is 1.50 bits per heavy atom. The Morgan fingerprint density at radius 1 is 1.12 bits per heavy atom. The van der Waals surface area contributed by atoms with Crippen LogP contribution in [0.5, 0.6) is 0 Å². The van der Waals surface area contributed by atoms with Crippen molar-refractivity contribution in [2.24, 2.45) is 5.73 Å². The zero-order chi connectivity index (χ0) is 13.4. The zero-order valence-electron chi connectivity index (χ0n) is 7.36. The van der Waals surface area contributed by atoms with Gasteiger partial charge in [-0.25, -0.2) is 0 Å². The number of Topliss-reactive ketones (excluding diaryl/α,β-unsaturated/α-hetero) is 1. The Hall–Kier alpha value is -0.510. The summed E-state index contributed by atoms with van der Waals surface area (Å²) in [5.74, 6) is -15.8. The summed E-state index contributed by atoms with van der Waals surface area (Å²) >= 11 is 3.25. The first-order valence-electron chi connectivity index (χ1n) is 3.62. The molecule has 0 saturated carbocycles. The van der Waals surface area contributed by atoms with Gasteiger partial charge in [-0.3, -0.25) is 4.79 Å². The first-order chi connectivity index (χ1) is 6.89. The molecule has 0 amide bonds. The highest BCUT2D eigenvalue weighted by atomic mass is 32.1. The maximum absolute atomic E-state index is 12.6. The van der Waals surface area contributed by atoms with Gasteiger partial charge in [-0.15, -0.1) is 0 Å². The summed E-state index contributed by atoms with van der Waals surface area (Å²) in [4.78, 5) is 10.6. The highest BCUT2D eigenvalue weighted by molar-refractivity contribution is 7.80. The van der Waals surface area contributed by atoms with E-state index >= 15 is 0 Å². The highest BCUT2D eigenvalue weighted by Crippen LogP contribution is 2.47. The lowest BCUT2D eigenvalue weighted by molar-refractivity contribution is -0.343. The Morgan fingerprint density at radius 3 is 1.75 bits per heavy atom. The summed E-state index contributed by atoms with van der Waals surface area (Å²) < 4.78 is 84.6. The van der Waals surface area contributed by atoms with Crippen molar-refractivity contribution in [3.63, 3.8) is 0 Å². The number of ketones is 1. The van der Waals surface area contributed by atoms with E-state index in [1.807, 2.05) is 0 Å². The number of carbonyl (C=O) groups excluding carboxylic acids is 1. The molecule has 0 spiro atoms. The topological polar surface area (TPSA) is 43.1 Å². The third-order valence-corrected chi connectivity index (χ3v) is 1.99. The average Bonchev–Trinajstić information content (AvgIpc) is 2.13. The number of rotatable bonds is 4. The second-order valence-corrected chi connectivity index (χ2v) is 3.17. The van der Waals surface area contributed by atoms with Crippen LogP contribution in [-0.4, -0.2) is 35.6 Å². The molecule has 0 aromatic rings. The van der Waals surface area contributed by atoms with Crippen molar-refractivity contribution in [3.8, 4) is 0 Å². The standard InChI is InChI=1S/C6H6F7NOS/c7-4(8,3(15)2(14)1-16)5(9,10)6(11,12)13/h2,16H,1,14H2. The van der Waals surface area contributed by atoms with Gasteiger partial charge in [0.1, 0.15) is 0 Å². The molecule has 0 aliphatic rings. The van der Waals surface area contributed by atoms with Gasteiger partial charge in [0.25, 0.3) is 0 Å². The molecule has 16 heavy (non-hydrogen) atoms. The van der Waals surface area contributed by atoms with E-state index in [4.69, 9.17) is 0 Å². The van der Waals surface area contributed by atoms with Crippen molar-refractivity contribution in [2.75, 3.05) is 5.75 Å². The Labute approximate surface area is 90.4 Å². The minimum Gasteiger partial charge on any atom is -0.321 e. The highest BCUT2D eigenvalue weighted by Gasteiger charge is 2.76. The number of hydrogen-bond donors (Lipinski definition) is 2. The molecule has 0 aromatic carbocycles. The second kappa shape index (κ2) is 4.40. The summed E-state index contributed by atoms with van der Waals surface area (Å²) in [7, 11) is 0. The average molecular weight is 273 g/mol. The van der Waals surface area contributed by atoms with Gasteiger partial charge in [-0.2, -0.15) is 43.4 Å². The van der Waals surface area contributed by atoms with E-state index in [2.05, 4.69) is 18.4 Å². The van der Waals surface area contributed by atoms with Crippen molar-refractivity contribution >= 4 is 18.4 Å². The number of carbonyl (C=O) groups is 1. The molecule has 0 fully saturated rings. The molecule has 96 valence electrons. The monoisotopic (exact) mass is 273 g/mol. The van der Waals surface area contributed by atoms with E-state index in [0.29, 0.717) is 0 Å². The number of hydrogen-bond acceptors (Lipinski definition) is 3. The molecular weight excluding hydrogens is 267 g/mol. The van der Waals surface area contributed by atoms with Gasteiger partial charge >= 0.3 is 18.0 Å². The normalized spacial score (nSPS) is 16.1. The Bertz CT molecular complexity index is 277. The van der Waals surface area contributed by atoms with Crippen LogP contribution in [0.3, 0.4) is 0 Å². The third kappa shape index (κ3) is 2.42. The lowest BCUT2D eigenvalue weighted by Crippen LogP contribution is -2.60. The van der Waals surface area contributed by atoms with Crippen molar-refractivity contribution in [2.45, 2.75) is 24.1 Å². The van der Waals surface area contributed by atoms with Gasteiger partial charge in [-0.05, 0) is 0 Å². The summed E-state index contributed by atoms with van der Waals surface area (Å²) in [6, 6.07) is -2.20. The molecule has 2 nitrogen and oxygen atoms in total. The van der Waals surface area contributed by atoms with Gasteiger partial charge in [0.05, 0.1) is 6.04 Å². The van der Waals surface area contributed by atoms with Crippen LogP contribution in [0.2, 0.25) is 0 Å². The predicted molar refractivity (Wildman–Crippen MR) is 42.8 cm³/mol. The zero-order valence-corrected chi connectivity index (χ0v) is 8.26. The molecule has 0 aliphatic heterocycles. The minimum atomic E-state index is -6.54. The summed E-state index contributed by atoms with van der Waals surface area (Å²) in [6.07, 6.45) is -6.54. The lowest BCUT2D eigenvalue weighted by atomic mass is 10.0. The molecule has 0 aromatic heterocycles. The molecule has 1 unspecified atom stereocenters. The van der Waals surface area contributed by atoms with Crippen LogP contribution in [0.4, 0.5) is 30.7 Å². The quantitative estimate of drug-likeness (QED) is 0.604. The van der Waals surface area contributed by atoms with Crippen LogP contribution < -0.4 is 5.73 Å². The van der Waals surface area contributed by atoms with E-state index in [-0.39, 0.29) is 0 Å². The molecule has 0 saturated heterocycles. The van der Waals surface area contributed by atoms with Crippen molar-refractivity contribution in [3.05, 3.63) is 0 Å². The molecule has 2 N–H and O–H groups in total. The van der Waals surface area contributed by atoms with E-state index in [1.54, 1.807) is 0 Å². The largest absolute Gasteiger partial charge is 0.460 e. The van der Waals surface area contributed by atoms with Crippen molar-refractivity contribution in [1.82, 2.24) is 0 Å². The van der Waals surface area contributed by atoms with E-state index in [0.717, 1.165) is 0 Å². The Kier molecular flexibility index (Phi) is 4.26. The molecule has 10 heteroatoms. The molecule has 0 bridgehead atoms. The van der Waals surface area contributed by atoms with Crippen LogP contribution in [0, 0.1) is 0 Å².